The number of hydrogen-bond acceptors (Lipinski definition) is 1. The zero-order chi connectivity index (χ0) is 7.84. The van der Waals surface area contributed by atoms with Crippen molar-refractivity contribution in [2.75, 3.05) is 6.61 Å². The Hall–Kier alpha value is -0.560. The lowest BCUT2D eigenvalue weighted by Gasteiger charge is -2.18. The highest BCUT2D eigenvalue weighted by atomic mass is 16.5. The second kappa shape index (κ2) is 2.49. The van der Waals surface area contributed by atoms with E-state index in [4.69, 9.17) is 4.74 Å². The minimum absolute atomic E-state index is 0.429. The predicted molar refractivity (Wildman–Crippen MR) is 45.4 cm³/mol. The number of ether oxygens (including phenoxy) is 1. The van der Waals surface area contributed by atoms with Gasteiger partial charge in [0.2, 0.25) is 0 Å². The van der Waals surface area contributed by atoms with Gasteiger partial charge in [0, 0.05) is 0 Å². The van der Waals surface area contributed by atoms with Crippen LogP contribution in [0.3, 0.4) is 0 Å². The molecule has 1 nitrogen and oxygen atoms in total. The van der Waals surface area contributed by atoms with E-state index in [-0.39, 0.29) is 0 Å². The molecule has 0 saturated carbocycles. The molecule has 0 unspecified atom stereocenters. The van der Waals surface area contributed by atoms with Gasteiger partial charge in [-0.2, -0.15) is 0 Å². The van der Waals surface area contributed by atoms with Crippen LogP contribution in [0.15, 0.2) is 22.8 Å². The molecular weight excluding hydrogens is 136 g/mol. The monoisotopic (exact) mass is 150 g/mol. The van der Waals surface area contributed by atoms with Crippen molar-refractivity contribution in [2.45, 2.75) is 32.8 Å². The summed E-state index contributed by atoms with van der Waals surface area (Å²) in [7, 11) is 0. The van der Waals surface area contributed by atoms with Gasteiger partial charge in [-0.15, -0.1) is 0 Å². The zero-order valence-corrected chi connectivity index (χ0v) is 7.18. The molecule has 60 valence electrons. The standard InChI is InChI=1S/C10H14O/c1-7-3-4-10-9(5-7)8(2)6-11-10/h5,10H,3-4,6H2,1-2H3/t10-/m0/s1. The second-order valence-corrected chi connectivity index (χ2v) is 3.56. The van der Waals surface area contributed by atoms with Gasteiger partial charge in [-0.3, -0.25) is 0 Å². The van der Waals surface area contributed by atoms with Gasteiger partial charge >= 0.3 is 0 Å². The van der Waals surface area contributed by atoms with Crippen LogP contribution in [0.1, 0.15) is 26.7 Å². The molecule has 0 fully saturated rings. The first-order valence-corrected chi connectivity index (χ1v) is 4.26. The molecule has 1 heteroatoms. The molecule has 0 radical (unpaired) electrons. The van der Waals surface area contributed by atoms with Crippen LogP contribution in [0.5, 0.6) is 0 Å². The van der Waals surface area contributed by atoms with Crippen molar-refractivity contribution in [2.24, 2.45) is 0 Å². The smallest absolute Gasteiger partial charge is 0.0832 e. The maximum Gasteiger partial charge on any atom is 0.0832 e. The van der Waals surface area contributed by atoms with Gasteiger partial charge in [0.15, 0.2) is 0 Å². The van der Waals surface area contributed by atoms with Crippen LogP contribution in [0, 0.1) is 0 Å². The summed E-state index contributed by atoms with van der Waals surface area (Å²) < 4.78 is 5.60. The number of hydrogen-bond donors (Lipinski definition) is 0. The highest BCUT2D eigenvalue weighted by molar-refractivity contribution is 5.36. The topological polar surface area (TPSA) is 9.23 Å². The fourth-order valence-corrected chi connectivity index (χ4v) is 1.82. The Kier molecular flexibility index (Phi) is 1.61. The van der Waals surface area contributed by atoms with Crippen LogP contribution < -0.4 is 0 Å². The summed E-state index contributed by atoms with van der Waals surface area (Å²) in [4.78, 5) is 0. The van der Waals surface area contributed by atoms with E-state index in [9.17, 15) is 0 Å². The molecule has 0 aromatic heterocycles. The predicted octanol–water partition coefficient (Wildman–Crippen LogP) is 2.44. The lowest BCUT2D eigenvalue weighted by molar-refractivity contribution is 0.113. The average Bonchev–Trinajstić information content (AvgIpc) is 2.33. The Morgan fingerprint density at radius 3 is 3.09 bits per heavy atom. The first kappa shape index (κ1) is 7.11. The molecule has 0 aromatic carbocycles. The maximum absolute atomic E-state index is 5.60. The molecule has 0 amide bonds. The van der Waals surface area contributed by atoms with Gasteiger partial charge in [-0.1, -0.05) is 11.6 Å². The van der Waals surface area contributed by atoms with Gasteiger partial charge < -0.3 is 4.74 Å². The molecule has 0 saturated heterocycles. The summed E-state index contributed by atoms with van der Waals surface area (Å²) in [5, 5.41) is 0. The van der Waals surface area contributed by atoms with Gasteiger partial charge in [-0.25, -0.2) is 0 Å². The summed E-state index contributed by atoms with van der Waals surface area (Å²) in [5.74, 6) is 0. The first-order valence-electron chi connectivity index (χ1n) is 4.26. The molecule has 1 atom stereocenters. The van der Waals surface area contributed by atoms with Crippen LogP contribution in [0.4, 0.5) is 0 Å². The SMILES string of the molecule is CC1=CC2=C(C)CO[C@H]2CC1. The van der Waals surface area contributed by atoms with Crippen molar-refractivity contribution in [3.8, 4) is 0 Å². The minimum Gasteiger partial charge on any atom is -0.369 e. The number of fused-ring (bicyclic) bond motifs is 1. The van der Waals surface area contributed by atoms with Gasteiger partial charge in [-0.05, 0) is 37.8 Å². The third kappa shape index (κ3) is 1.14. The summed E-state index contributed by atoms with van der Waals surface area (Å²) >= 11 is 0. The van der Waals surface area contributed by atoms with Gasteiger partial charge in [0.05, 0.1) is 12.7 Å². The van der Waals surface area contributed by atoms with E-state index in [1.54, 1.807) is 0 Å². The molecule has 1 aliphatic carbocycles. The minimum atomic E-state index is 0.429. The fourth-order valence-electron chi connectivity index (χ4n) is 1.82. The van der Waals surface area contributed by atoms with Crippen LogP contribution in [0.25, 0.3) is 0 Å². The maximum atomic E-state index is 5.60. The molecule has 0 N–H and O–H groups in total. The normalized spacial score (nSPS) is 30.4. The van der Waals surface area contributed by atoms with Crippen LogP contribution in [-0.4, -0.2) is 12.7 Å². The second-order valence-electron chi connectivity index (χ2n) is 3.56. The van der Waals surface area contributed by atoms with Crippen molar-refractivity contribution >= 4 is 0 Å². The molecule has 1 aliphatic heterocycles. The molecule has 2 rings (SSSR count). The largest absolute Gasteiger partial charge is 0.369 e. The lowest BCUT2D eigenvalue weighted by Crippen LogP contribution is -2.12. The van der Waals surface area contributed by atoms with Gasteiger partial charge in [0.25, 0.3) is 0 Å². The van der Waals surface area contributed by atoms with Crippen LogP contribution >= 0.6 is 0 Å². The summed E-state index contributed by atoms with van der Waals surface area (Å²) in [6, 6.07) is 0. The van der Waals surface area contributed by atoms with E-state index in [0.29, 0.717) is 6.10 Å². The Bertz CT molecular complexity index is 235. The third-order valence-electron chi connectivity index (χ3n) is 2.54. The van der Waals surface area contributed by atoms with Crippen molar-refractivity contribution in [1.29, 1.82) is 0 Å². The Balaban J connectivity index is 2.34. The average molecular weight is 150 g/mol. The van der Waals surface area contributed by atoms with Crippen molar-refractivity contribution in [3.63, 3.8) is 0 Å². The van der Waals surface area contributed by atoms with Crippen molar-refractivity contribution in [3.05, 3.63) is 22.8 Å². The molecule has 0 aromatic rings. The fraction of sp³-hybridized carbons (Fsp3) is 0.600. The van der Waals surface area contributed by atoms with Crippen LogP contribution in [-0.2, 0) is 4.74 Å². The quantitative estimate of drug-likeness (QED) is 0.515. The lowest BCUT2D eigenvalue weighted by atomic mass is 9.92. The molecule has 2 aliphatic rings. The first-order chi connectivity index (χ1) is 5.27. The summed E-state index contributed by atoms with van der Waals surface area (Å²) in [6.07, 6.45) is 5.13. The van der Waals surface area contributed by atoms with Crippen molar-refractivity contribution in [1.82, 2.24) is 0 Å². The van der Waals surface area contributed by atoms with Crippen molar-refractivity contribution < 1.29 is 4.74 Å². The molecule has 0 spiro atoms. The number of rotatable bonds is 0. The highest BCUT2D eigenvalue weighted by Gasteiger charge is 2.24. The molecular formula is C10H14O. The molecule has 1 heterocycles. The highest BCUT2D eigenvalue weighted by Crippen LogP contribution is 2.31. The zero-order valence-electron chi connectivity index (χ0n) is 7.18. The van der Waals surface area contributed by atoms with Crippen LogP contribution in [0.2, 0.25) is 0 Å². The number of allylic oxidation sites excluding steroid dienone is 1. The van der Waals surface area contributed by atoms with Gasteiger partial charge in [0.1, 0.15) is 0 Å². The third-order valence-corrected chi connectivity index (χ3v) is 2.54. The van der Waals surface area contributed by atoms with E-state index < -0.39 is 0 Å². The van der Waals surface area contributed by atoms with E-state index in [2.05, 4.69) is 19.9 Å². The summed E-state index contributed by atoms with van der Waals surface area (Å²) in [6.45, 7) is 5.23. The van der Waals surface area contributed by atoms with E-state index in [1.807, 2.05) is 0 Å². The summed E-state index contributed by atoms with van der Waals surface area (Å²) in [5.41, 5.74) is 4.38. The Labute approximate surface area is 67.7 Å². The van der Waals surface area contributed by atoms with E-state index >= 15 is 0 Å². The molecule has 11 heavy (non-hydrogen) atoms. The van der Waals surface area contributed by atoms with E-state index in [1.165, 1.54) is 29.6 Å². The molecule has 0 bridgehead atoms. The van der Waals surface area contributed by atoms with E-state index in [0.717, 1.165) is 6.61 Å². The Morgan fingerprint density at radius 1 is 1.45 bits per heavy atom. The Morgan fingerprint density at radius 2 is 2.27 bits per heavy atom.